The van der Waals surface area contributed by atoms with E-state index in [0.29, 0.717) is 25.5 Å². The predicted octanol–water partition coefficient (Wildman–Crippen LogP) is 2.30. The minimum Gasteiger partial charge on any atom is -0.507 e. The van der Waals surface area contributed by atoms with Crippen molar-refractivity contribution in [1.82, 2.24) is 5.01 Å². The Morgan fingerprint density at radius 2 is 1.92 bits per heavy atom. The first-order valence-corrected chi connectivity index (χ1v) is 8.61. The van der Waals surface area contributed by atoms with Crippen molar-refractivity contribution in [3.8, 4) is 11.5 Å². The first-order chi connectivity index (χ1) is 11.7. The van der Waals surface area contributed by atoms with Gasteiger partial charge in [-0.25, -0.2) is 5.84 Å². The fourth-order valence-corrected chi connectivity index (χ4v) is 3.14. The molecule has 6 N–H and O–H groups in total. The highest BCUT2D eigenvalue weighted by atomic mass is 35.5. The molecule has 0 bridgehead atoms. The molecule has 1 atom stereocenters. The van der Waals surface area contributed by atoms with E-state index in [-0.39, 0.29) is 24.0 Å². The molecule has 0 fully saturated rings. The summed E-state index contributed by atoms with van der Waals surface area (Å²) in [4.78, 5) is 0. The van der Waals surface area contributed by atoms with E-state index in [2.05, 4.69) is 6.92 Å². The largest absolute Gasteiger partial charge is 0.507 e. The zero-order valence-electron chi connectivity index (χ0n) is 16.0. The molecule has 26 heavy (non-hydrogen) atoms. The third kappa shape index (κ3) is 4.72. The summed E-state index contributed by atoms with van der Waals surface area (Å²) in [5.74, 6) is 6.65. The van der Waals surface area contributed by atoms with Crippen molar-refractivity contribution in [3.05, 3.63) is 22.3 Å². The maximum atomic E-state index is 10.2. The van der Waals surface area contributed by atoms with Gasteiger partial charge in [-0.15, -0.1) is 12.4 Å². The van der Waals surface area contributed by atoms with Crippen LogP contribution < -0.4 is 16.3 Å². The van der Waals surface area contributed by atoms with Gasteiger partial charge < -0.3 is 20.3 Å². The highest BCUT2D eigenvalue weighted by Gasteiger charge is 2.34. The van der Waals surface area contributed by atoms with Crippen LogP contribution in [-0.2, 0) is 11.2 Å². The van der Waals surface area contributed by atoms with Gasteiger partial charge in [-0.05, 0) is 57.2 Å². The summed E-state index contributed by atoms with van der Waals surface area (Å²) in [5.41, 5.74) is 8.89. The lowest BCUT2D eigenvalue weighted by Gasteiger charge is -2.38. The molecule has 7 nitrogen and oxygen atoms in total. The number of ether oxygens (including phenoxy) is 2. The number of aromatic hydroxyl groups is 1. The quantitative estimate of drug-likeness (QED) is 0.196. The first-order valence-electron chi connectivity index (χ1n) is 8.61. The highest BCUT2D eigenvalue weighted by molar-refractivity contribution is 5.85. The molecule has 2 rings (SSSR count). The van der Waals surface area contributed by atoms with Crippen LogP contribution in [0.25, 0.3) is 0 Å². The first kappa shape index (κ1) is 22.3. The van der Waals surface area contributed by atoms with Crippen LogP contribution in [0.2, 0.25) is 0 Å². The van der Waals surface area contributed by atoms with E-state index in [9.17, 15) is 5.11 Å². The second kappa shape index (κ2) is 8.79. The van der Waals surface area contributed by atoms with Gasteiger partial charge in [0.2, 0.25) is 5.96 Å². The van der Waals surface area contributed by atoms with Gasteiger partial charge >= 0.3 is 0 Å². The SMILES string of the molecule is Cc1c(C)c2c(c(C)c1O)CCC(C)(CCOCCN(N)C(=N)N)O2.Cl. The Bertz CT molecular complexity index is 669. The number of fused-ring (bicyclic) bond motifs is 1. The Balaban J connectivity index is 0.00000338. The lowest BCUT2D eigenvalue weighted by molar-refractivity contribution is 0.0165. The van der Waals surface area contributed by atoms with E-state index in [1.807, 2.05) is 20.8 Å². The number of phenols is 1. The number of nitrogens with two attached hydrogens (primary N) is 2. The molecular weight excluding hydrogens is 356 g/mol. The number of nitrogens with zero attached hydrogens (tertiary/aromatic N) is 1. The van der Waals surface area contributed by atoms with E-state index in [4.69, 9.17) is 26.5 Å². The summed E-state index contributed by atoms with van der Waals surface area (Å²) in [5, 5.41) is 18.6. The van der Waals surface area contributed by atoms with Crippen molar-refractivity contribution in [2.75, 3.05) is 19.8 Å². The predicted molar refractivity (Wildman–Crippen MR) is 105 cm³/mol. The second-order valence-corrected chi connectivity index (χ2v) is 7.02. The molecule has 1 aliphatic rings. The Hall–Kier alpha value is -1.70. The number of hydrogen-bond donors (Lipinski definition) is 4. The zero-order chi connectivity index (χ0) is 18.8. The zero-order valence-corrected chi connectivity index (χ0v) is 16.8. The van der Waals surface area contributed by atoms with E-state index in [1.54, 1.807) is 0 Å². The smallest absolute Gasteiger partial charge is 0.202 e. The summed E-state index contributed by atoms with van der Waals surface area (Å²) in [6.07, 6.45) is 2.52. The standard InChI is InChI=1S/C18H30N4O3.ClH/c1-11-12(2)16-14(13(3)15(11)23)5-6-18(4,25-16)7-9-24-10-8-22(21)17(19)20;/h23H,5-10,21H2,1-4H3,(H3,19,20);1H. The number of guanidine groups is 1. The van der Waals surface area contributed by atoms with Gasteiger partial charge in [-0.1, -0.05) is 0 Å². The topological polar surface area (TPSA) is 118 Å². The summed E-state index contributed by atoms with van der Waals surface area (Å²) in [6.45, 7) is 9.30. The van der Waals surface area contributed by atoms with E-state index >= 15 is 0 Å². The summed E-state index contributed by atoms with van der Waals surface area (Å²) >= 11 is 0. The molecule has 1 aromatic carbocycles. The Morgan fingerprint density at radius 1 is 1.27 bits per heavy atom. The summed E-state index contributed by atoms with van der Waals surface area (Å²) < 4.78 is 12.0. The Kier molecular flexibility index (Phi) is 7.56. The van der Waals surface area contributed by atoms with E-state index < -0.39 is 0 Å². The van der Waals surface area contributed by atoms with Crippen molar-refractivity contribution < 1.29 is 14.6 Å². The molecule has 8 heteroatoms. The van der Waals surface area contributed by atoms with Gasteiger partial charge in [0.15, 0.2) is 0 Å². The molecule has 0 radical (unpaired) electrons. The molecule has 0 saturated carbocycles. The fraction of sp³-hybridized carbons (Fsp3) is 0.611. The van der Waals surface area contributed by atoms with Crippen molar-refractivity contribution in [3.63, 3.8) is 0 Å². The van der Waals surface area contributed by atoms with Crippen LogP contribution in [0.1, 0.15) is 42.0 Å². The molecule has 1 aliphatic heterocycles. The van der Waals surface area contributed by atoms with Gasteiger partial charge in [0.25, 0.3) is 0 Å². The molecule has 0 spiro atoms. The molecule has 148 valence electrons. The number of phenolic OH excluding ortho intramolecular Hbond substituents is 1. The summed E-state index contributed by atoms with van der Waals surface area (Å²) in [6, 6.07) is 0. The van der Waals surface area contributed by atoms with Crippen LogP contribution in [0.4, 0.5) is 0 Å². The average molecular weight is 387 g/mol. The third-order valence-corrected chi connectivity index (χ3v) is 5.15. The van der Waals surface area contributed by atoms with Crippen LogP contribution >= 0.6 is 12.4 Å². The summed E-state index contributed by atoms with van der Waals surface area (Å²) in [7, 11) is 0. The number of hydrogen-bond acceptors (Lipinski definition) is 5. The fourth-order valence-electron chi connectivity index (χ4n) is 3.14. The molecule has 0 aliphatic carbocycles. The molecule has 1 unspecified atom stereocenters. The Labute approximate surface area is 161 Å². The maximum Gasteiger partial charge on any atom is 0.202 e. The lowest BCUT2D eigenvalue weighted by Crippen LogP contribution is -2.44. The number of benzene rings is 1. The van der Waals surface area contributed by atoms with Gasteiger partial charge in [-0.2, -0.15) is 0 Å². The van der Waals surface area contributed by atoms with Crippen molar-refractivity contribution >= 4 is 18.4 Å². The second-order valence-electron chi connectivity index (χ2n) is 7.02. The van der Waals surface area contributed by atoms with Crippen LogP contribution in [0.15, 0.2) is 0 Å². The van der Waals surface area contributed by atoms with E-state index in [0.717, 1.165) is 52.3 Å². The van der Waals surface area contributed by atoms with E-state index in [1.165, 1.54) is 0 Å². The number of nitrogens with one attached hydrogen (secondary N) is 1. The van der Waals surface area contributed by atoms with Gasteiger partial charge in [0.05, 0.1) is 19.8 Å². The highest BCUT2D eigenvalue weighted by Crippen LogP contribution is 2.43. The molecule has 1 aromatic rings. The maximum absolute atomic E-state index is 10.2. The monoisotopic (exact) mass is 386 g/mol. The number of halogens is 1. The van der Waals surface area contributed by atoms with Crippen LogP contribution in [-0.4, -0.2) is 41.4 Å². The number of hydrazine groups is 1. The molecular formula is C18H31ClN4O3. The van der Waals surface area contributed by atoms with Gasteiger partial charge in [0.1, 0.15) is 17.1 Å². The molecule has 0 amide bonds. The number of rotatable bonds is 6. The van der Waals surface area contributed by atoms with Crippen molar-refractivity contribution in [2.45, 2.75) is 52.6 Å². The average Bonchev–Trinajstić information content (AvgIpc) is 2.57. The minimum atomic E-state index is -0.295. The normalized spacial score (nSPS) is 18.5. The Morgan fingerprint density at radius 3 is 2.54 bits per heavy atom. The molecule has 0 aromatic heterocycles. The lowest BCUT2D eigenvalue weighted by atomic mass is 9.86. The minimum absolute atomic E-state index is 0. The molecule has 0 saturated heterocycles. The van der Waals surface area contributed by atoms with Crippen molar-refractivity contribution in [1.29, 1.82) is 5.41 Å². The molecule has 1 heterocycles. The van der Waals surface area contributed by atoms with Crippen LogP contribution in [0, 0.1) is 26.2 Å². The van der Waals surface area contributed by atoms with Crippen LogP contribution in [0.3, 0.4) is 0 Å². The van der Waals surface area contributed by atoms with Gasteiger partial charge in [-0.3, -0.25) is 10.4 Å². The third-order valence-electron chi connectivity index (χ3n) is 5.15. The van der Waals surface area contributed by atoms with Crippen LogP contribution in [0.5, 0.6) is 11.5 Å². The van der Waals surface area contributed by atoms with Gasteiger partial charge in [0, 0.05) is 12.0 Å². The van der Waals surface area contributed by atoms with Crippen molar-refractivity contribution in [2.24, 2.45) is 11.6 Å².